The number of hydrogen-bond acceptors (Lipinski definition) is 3. The summed E-state index contributed by atoms with van der Waals surface area (Å²) in [6, 6.07) is 6.59. The Hall–Kier alpha value is -1.17. The fourth-order valence-electron chi connectivity index (χ4n) is 2.97. The number of carbonyl (C=O) groups is 1. The molecule has 1 fully saturated rings. The Bertz CT molecular complexity index is 481. The number of anilines is 1. The zero-order valence-corrected chi connectivity index (χ0v) is 14.5. The Morgan fingerprint density at radius 3 is 2.74 bits per heavy atom. The smallest absolute Gasteiger partial charge is 0.225 e. The van der Waals surface area contributed by atoms with E-state index < -0.39 is 0 Å². The molecular formula is C17H27ClFN3O. The highest BCUT2D eigenvalue weighted by Gasteiger charge is 2.20. The van der Waals surface area contributed by atoms with Gasteiger partial charge in [0, 0.05) is 24.7 Å². The fourth-order valence-corrected chi connectivity index (χ4v) is 2.97. The number of amides is 1. The molecule has 0 radical (unpaired) electrons. The molecular weight excluding hydrogens is 317 g/mol. The number of benzene rings is 1. The summed E-state index contributed by atoms with van der Waals surface area (Å²) >= 11 is 0. The van der Waals surface area contributed by atoms with Gasteiger partial charge in [-0.15, -0.1) is 12.4 Å². The Labute approximate surface area is 144 Å². The average Bonchev–Trinajstić information content (AvgIpc) is 2.52. The van der Waals surface area contributed by atoms with Crippen LogP contribution in [0.3, 0.4) is 0 Å². The fraction of sp³-hybridized carbons (Fsp3) is 0.588. The molecule has 1 amide bonds. The summed E-state index contributed by atoms with van der Waals surface area (Å²) in [4.78, 5) is 14.5. The van der Waals surface area contributed by atoms with Crippen LogP contribution in [0.2, 0.25) is 0 Å². The maximum atomic E-state index is 13.1. The second-order valence-corrected chi connectivity index (χ2v) is 5.83. The summed E-state index contributed by atoms with van der Waals surface area (Å²) in [7, 11) is 0. The van der Waals surface area contributed by atoms with Crippen LogP contribution >= 0.6 is 12.4 Å². The zero-order chi connectivity index (χ0) is 15.8. The summed E-state index contributed by atoms with van der Waals surface area (Å²) in [6.45, 7) is 6.07. The lowest BCUT2D eigenvalue weighted by atomic mass is 10.0. The third kappa shape index (κ3) is 6.85. The monoisotopic (exact) mass is 343 g/mol. The molecule has 0 atom stereocenters. The number of carbonyl (C=O) groups excluding carboxylic acids is 1. The van der Waals surface area contributed by atoms with Crippen molar-refractivity contribution in [3.05, 3.63) is 30.1 Å². The van der Waals surface area contributed by atoms with E-state index in [0.29, 0.717) is 18.2 Å². The molecule has 1 aliphatic heterocycles. The molecule has 1 heterocycles. The summed E-state index contributed by atoms with van der Waals surface area (Å²) in [6.07, 6.45) is 3.83. The molecule has 130 valence electrons. The van der Waals surface area contributed by atoms with Gasteiger partial charge >= 0.3 is 0 Å². The van der Waals surface area contributed by atoms with Crippen molar-refractivity contribution in [2.75, 3.05) is 31.5 Å². The van der Waals surface area contributed by atoms with Gasteiger partial charge in [0.2, 0.25) is 5.91 Å². The van der Waals surface area contributed by atoms with Gasteiger partial charge in [-0.05, 0) is 57.1 Å². The normalized spacial score (nSPS) is 15.3. The Balaban J connectivity index is 0.00000264. The molecule has 1 saturated heterocycles. The maximum absolute atomic E-state index is 13.1. The number of halogens is 2. The molecule has 0 aliphatic carbocycles. The highest BCUT2D eigenvalue weighted by atomic mass is 35.5. The van der Waals surface area contributed by atoms with E-state index in [1.54, 1.807) is 12.1 Å². The predicted octanol–water partition coefficient (Wildman–Crippen LogP) is 3.04. The van der Waals surface area contributed by atoms with Crippen LogP contribution in [0.5, 0.6) is 0 Å². The summed E-state index contributed by atoms with van der Waals surface area (Å²) in [5, 5.41) is 6.14. The molecule has 1 aliphatic rings. The van der Waals surface area contributed by atoms with Gasteiger partial charge in [0.15, 0.2) is 0 Å². The first-order chi connectivity index (χ1) is 10.7. The largest absolute Gasteiger partial charge is 0.326 e. The molecule has 0 spiro atoms. The summed E-state index contributed by atoms with van der Waals surface area (Å²) < 4.78 is 13.1. The lowest BCUT2D eigenvalue weighted by molar-refractivity contribution is -0.116. The van der Waals surface area contributed by atoms with Crippen LogP contribution in [0.4, 0.5) is 10.1 Å². The van der Waals surface area contributed by atoms with Gasteiger partial charge in [-0.2, -0.15) is 0 Å². The Kier molecular flexibility index (Phi) is 9.14. The van der Waals surface area contributed by atoms with Crippen molar-refractivity contribution in [3.63, 3.8) is 0 Å². The highest BCUT2D eigenvalue weighted by molar-refractivity contribution is 5.90. The second kappa shape index (κ2) is 10.6. The van der Waals surface area contributed by atoms with E-state index >= 15 is 0 Å². The molecule has 0 bridgehead atoms. The van der Waals surface area contributed by atoms with E-state index in [1.807, 2.05) is 0 Å². The van der Waals surface area contributed by atoms with Crippen LogP contribution < -0.4 is 10.6 Å². The number of nitrogens with zero attached hydrogens (tertiary/aromatic N) is 1. The number of nitrogens with one attached hydrogen (secondary N) is 2. The minimum atomic E-state index is -0.333. The Morgan fingerprint density at radius 1 is 1.35 bits per heavy atom. The third-order valence-corrected chi connectivity index (χ3v) is 4.07. The van der Waals surface area contributed by atoms with Crippen molar-refractivity contribution in [2.24, 2.45) is 0 Å². The van der Waals surface area contributed by atoms with Crippen LogP contribution in [-0.4, -0.2) is 43.0 Å². The van der Waals surface area contributed by atoms with Crippen molar-refractivity contribution in [2.45, 2.75) is 38.6 Å². The topological polar surface area (TPSA) is 44.4 Å². The highest BCUT2D eigenvalue weighted by Crippen LogP contribution is 2.14. The van der Waals surface area contributed by atoms with E-state index in [-0.39, 0.29) is 24.1 Å². The van der Waals surface area contributed by atoms with Crippen LogP contribution in [0, 0.1) is 5.82 Å². The zero-order valence-electron chi connectivity index (χ0n) is 13.7. The van der Waals surface area contributed by atoms with Gasteiger partial charge in [-0.1, -0.05) is 13.0 Å². The summed E-state index contributed by atoms with van der Waals surface area (Å²) in [5.74, 6) is -0.388. The van der Waals surface area contributed by atoms with Crippen LogP contribution in [-0.2, 0) is 4.79 Å². The Morgan fingerprint density at radius 2 is 2.09 bits per heavy atom. The number of piperidine rings is 1. The van der Waals surface area contributed by atoms with Gasteiger partial charge in [-0.25, -0.2) is 4.39 Å². The van der Waals surface area contributed by atoms with Gasteiger partial charge in [0.05, 0.1) is 0 Å². The lowest BCUT2D eigenvalue weighted by Crippen LogP contribution is -2.44. The van der Waals surface area contributed by atoms with Gasteiger partial charge < -0.3 is 10.6 Å². The average molecular weight is 344 g/mol. The second-order valence-electron chi connectivity index (χ2n) is 5.83. The molecule has 4 nitrogen and oxygen atoms in total. The van der Waals surface area contributed by atoms with Crippen molar-refractivity contribution in [1.29, 1.82) is 0 Å². The molecule has 1 aromatic carbocycles. The molecule has 1 aromatic rings. The molecule has 0 unspecified atom stereocenters. The summed E-state index contributed by atoms with van der Waals surface area (Å²) in [5.41, 5.74) is 0.522. The molecule has 6 heteroatoms. The quantitative estimate of drug-likeness (QED) is 0.799. The standard InChI is InChI=1S/C17H26FN3O.ClH/c1-2-11-21(16-6-9-19-10-7-16)12-8-17(22)20-15-5-3-4-14(18)13-15;/h3-5,13,16,19H,2,6-12H2,1H3,(H,20,22);1H. The van der Waals surface area contributed by atoms with Gasteiger partial charge in [0.25, 0.3) is 0 Å². The van der Waals surface area contributed by atoms with Crippen molar-refractivity contribution in [1.82, 2.24) is 10.2 Å². The van der Waals surface area contributed by atoms with E-state index in [1.165, 1.54) is 12.1 Å². The molecule has 2 N–H and O–H groups in total. The minimum absolute atomic E-state index is 0. The van der Waals surface area contributed by atoms with E-state index in [4.69, 9.17) is 0 Å². The molecule has 0 aromatic heterocycles. The van der Waals surface area contributed by atoms with E-state index in [0.717, 1.165) is 45.4 Å². The molecule has 0 saturated carbocycles. The first kappa shape index (κ1) is 19.9. The first-order valence-electron chi connectivity index (χ1n) is 8.19. The van der Waals surface area contributed by atoms with Crippen LogP contribution in [0.1, 0.15) is 32.6 Å². The van der Waals surface area contributed by atoms with Crippen molar-refractivity contribution < 1.29 is 9.18 Å². The molecule has 2 rings (SSSR count). The maximum Gasteiger partial charge on any atom is 0.225 e. The van der Waals surface area contributed by atoms with Crippen LogP contribution in [0.15, 0.2) is 24.3 Å². The van der Waals surface area contributed by atoms with Gasteiger partial charge in [0.1, 0.15) is 5.82 Å². The number of hydrogen-bond donors (Lipinski definition) is 2. The number of rotatable bonds is 7. The van der Waals surface area contributed by atoms with Crippen molar-refractivity contribution >= 4 is 24.0 Å². The van der Waals surface area contributed by atoms with E-state index in [2.05, 4.69) is 22.5 Å². The minimum Gasteiger partial charge on any atom is -0.326 e. The van der Waals surface area contributed by atoms with Crippen LogP contribution in [0.25, 0.3) is 0 Å². The predicted molar refractivity (Wildman–Crippen MR) is 94.7 cm³/mol. The van der Waals surface area contributed by atoms with Gasteiger partial charge in [-0.3, -0.25) is 9.69 Å². The SMILES string of the molecule is CCCN(CCC(=O)Nc1cccc(F)c1)C1CCNCC1.Cl. The van der Waals surface area contributed by atoms with E-state index in [9.17, 15) is 9.18 Å². The third-order valence-electron chi connectivity index (χ3n) is 4.07. The molecule has 23 heavy (non-hydrogen) atoms. The lowest BCUT2D eigenvalue weighted by Gasteiger charge is -2.34. The first-order valence-corrected chi connectivity index (χ1v) is 8.19. The van der Waals surface area contributed by atoms with Crippen molar-refractivity contribution in [3.8, 4) is 0 Å².